The third-order valence-corrected chi connectivity index (χ3v) is 6.24. The molecule has 0 bridgehead atoms. The number of benzene rings is 1. The quantitative estimate of drug-likeness (QED) is 0.448. The molecule has 0 unspecified atom stereocenters. The Labute approximate surface area is 191 Å². The maximum Gasteiger partial charge on any atom is 0.266 e. The lowest BCUT2D eigenvalue weighted by molar-refractivity contribution is 0.0931. The molecule has 2 N–H and O–H groups in total. The number of halogens is 1. The fraction of sp³-hybridized carbons (Fsp3) is 0.217. The summed E-state index contributed by atoms with van der Waals surface area (Å²) in [6.07, 6.45) is 6.42. The molecule has 162 valence electrons. The predicted octanol–water partition coefficient (Wildman–Crippen LogP) is 3.74. The maximum atomic E-state index is 12.7. The van der Waals surface area contributed by atoms with Crippen LogP contribution in [0.3, 0.4) is 0 Å². The van der Waals surface area contributed by atoms with Crippen molar-refractivity contribution in [3.63, 3.8) is 0 Å². The number of H-pyrrole nitrogens is 1. The second kappa shape index (κ2) is 8.58. The van der Waals surface area contributed by atoms with E-state index in [4.69, 9.17) is 4.42 Å². The van der Waals surface area contributed by atoms with Gasteiger partial charge in [-0.2, -0.15) is 0 Å². The van der Waals surface area contributed by atoms with E-state index < -0.39 is 0 Å². The van der Waals surface area contributed by atoms with E-state index in [1.807, 2.05) is 41.3 Å². The standard InChI is InChI=1S/C23H20BrN5O3/c24-18-13-26-23(28-22(18)31)29-10-6-16(7-11-29)27-21(30)15-3-1-14(2-4-15)20-17-8-12-32-19(17)5-9-25-20/h1-5,8-9,12-13,16H,6-7,10-11H2,(H,27,30)(H,26,28,31). The molecule has 3 aromatic heterocycles. The number of fused-ring (bicyclic) bond motifs is 1. The van der Waals surface area contributed by atoms with E-state index >= 15 is 0 Å². The van der Waals surface area contributed by atoms with E-state index in [1.165, 1.54) is 6.20 Å². The molecule has 0 radical (unpaired) electrons. The molecule has 1 saturated heterocycles. The smallest absolute Gasteiger partial charge is 0.266 e. The van der Waals surface area contributed by atoms with E-state index in [0.29, 0.717) is 29.1 Å². The van der Waals surface area contributed by atoms with E-state index in [2.05, 4.69) is 36.2 Å². The zero-order valence-corrected chi connectivity index (χ0v) is 18.6. The lowest BCUT2D eigenvalue weighted by atomic mass is 10.0. The van der Waals surface area contributed by atoms with Crippen LogP contribution in [0, 0.1) is 0 Å². The van der Waals surface area contributed by atoms with Crippen LogP contribution in [0.2, 0.25) is 0 Å². The molecule has 4 aromatic rings. The number of nitrogens with zero attached hydrogens (tertiary/aromatic N) is 3. The molecule has 0 spiro atoms. The Morgan fingerprint density at radius 2 is 1.91 bits per heavy atom. The van der Waals surface area contributed by atoms with Gasteiger partial charge in [-0.15, -0.1) is 0 Å². The third kappa shape index (κ3) is 4.03. The Bertz CT molecular complexity index is 1320. The van der Waals surface area contributed by atoms with Gasteiger partial charge >= 0.3 is 0 Å². The number of amides is 1. The molecule has 1 aliphatic rings. The normalized spacial score (nSPS) is 14.6. The molecule has 5 rings (SSSR count). The van der Waals surface area contributed by atoms with Crippen LogP contribution in [-0.4, -0.2) is 40.0 Å². The molecule has 9 heteroatoms. The number of nitrogens with one attached hydrogen (secondary N) is 2. The van der Waals surface area contributed by atoms with Crippen molar-refractivity contribution in [2.45, 2.75) is 18.9 Å². The lowest BCUT2D eigenvalue weighted by Gasteiger charge is -2.32. The van der Waals surface area contributed by atoms with E-state index in [-0.39, 0.29) is 17.5 Å². The minimum absolute atomic E-state index is 0.0712. The summed E-state index contributed by atoms with van der Waals surface area (Å²) in [5.41, 5.74) is 2.95. The average Bonchev–Trinajstić information content (AvgIpc) is 3.31. The summed E-state index contributed by atoms with van der Waals surface area (Å²) >= 11 is 3.16. The summed E-state index contributed by atoms with van der Waals surface area (Å²) < 4.78 is 5.85. The van der Waals surface area contributed by atoms with Gasteiger partial charge in [0.1, 0.15) is 10.1 Å². The van der Waals surface area contributed by atoms with Gasteiger partial charge in [0.15, 0.2) is 0 Å². The van der Waals surface area contributed by atoms with Crippen LogP contribution >= 0.6 is 15.9 Å². The third-order valence-electron chi connectivity index (χ3n) is 5.67. The highest BCUT2D eigenvalue weighted by molar-refractivity contribution is 9.10. The van der Waals surface area contributed by atoms with Gasteiger partial charge in [0.2, 0.25) is 5.95 Å². The first kappa shape index (κ1) is 20.4. The van der Waals surface area contributed by atoms with Gasteiger partial charge in [-0.05, 0) is 53.0 Å². The van der Waals surface area contributed by atoms with Crippen molar-refractivity contribution < 1.29 is 9.21 Å². The molecule has 32 heavy (non-hydrogen) atoms. The van der Waals surface area contributed by atoms with Crippen molar-refractivity contribution in [1.82, 2.24) is 20.3 Å². The molecule has 1 aliphatic heterocycles. The van der Waals surface area contributed by atoms with Gasteiger partial charge < -0.3 is 14.6 Å². The van der Waals surface area contributed by atoms with Crippen LogP contribution < -0.4 is 15.8 Å². The summed E-state index contributed by atoms with van der Waals surface area (Å²) in [4.78, 5) is 38.1. The number of pyridine rings is 1. The highest BCUT2D eigenvalue weighted by Gasteiger charge is 2.22. The average molecular weight is 494 g/mol. The van der Waals surface area contributed by atoms with Crippen molar-refractivity contribution >= 4 is 38.8 Å². The van der Waals surface area contributed by atoms with Crippen molar-refractivity contribution in [2.24, 2.45) is 0 Å². The number of carbonyl (C=O) groups is 1. The number of aromatic nitrogens is 3. The van der Waals surface area contributed by atoms with Crippen molar-refractivity contribution in [3.8, 4) is 11.3 Å². The van der Waals surface area contributed by atoms with Gasteiger partial charge in [-0.3, -0.25) is 19.6 Å². The summed E-state index contributed by atoms with van der Waals surface area (Å²) in [6.45, 7) is 1.41. The molecule has 4 heterocycles. The Hall–Kier alpha value is -3.46. The van der Waals surface area contributed by atoms with E-state index in [1.54, 1.807) is 12.5 Å². The Kier molecular flexibility index (Phi) is 5.48. The number of hydrogen-bond acceptors (Lipinski definition) is 6. The number of aromatic amines is 1. The van der Waals surface area contributed by atoms with Gasteiger partial charge in [-0.25, -0.2) is 4.98 Å². The van der Waals surface area contributed by atoms with Crippen LogP contribution in [0.15, 0.2) is 68.7 Å². The fourth-order valence-electron chi connectivity index (χ4n) is 3.94. The predicted molar refractivity (Wildman–Crippen MR) is 125 cm³/mol. The SMILES string of the molecule is O=C(NC1CCN(c2ncc(Br)c(=O)[nH]2)CC1)c1ccc(-c2nccc3occc23)cc1. The number of carbonyl (C=O) groups excluding carboxylic acids is 1. The number of piperidine rings is 1. The van der Waals surface area contributed by atoms with Gasteiger partial charge in [-0.1, -0.05) is 12.1 Å². The van der Waals surface area contributed by atoms with Crippen LogP contribution in [-0.2, 0) is 0 Å². The minimum Gasteiger partial charge on any atom is -0.464 e. The topological polar surface area (TPSA) is 104 Å². The first-order valence-corrected chi connectivity index (χ1v) is 11.1. The first-order chi connectivity index (χ1) is 15.6. The molecular weight excluding hydrogens is 474 g/mol. The van der Waals surface area contributed by atoms with E-state index in [0.717, 1.165) is 35.1 Å². The van der Waals surface area contributed by atoms with Crippen LogP contribution in [0.25, 0.3) is 22.2 Å². The van der Waals surface area contributed by atoms with E-state index in [9.17, 15) is 9.59 Å². The summed E-state index contributed by atoms with van der Waals surface area (Å²) in [6, 6.07) is 11.2. The number of anilines is 1. The first-order valence-electron chi connectivity index (χ1n) is 10.3. The maximum absolute atomic E-state index is 12.7. The molecule has 1 amide bonds. The lowest BCUT2D eigenvalue weighted by Crippen LogP contribution is -2.45. The van der Waals surface area contributed by atoms with Crippen LogP contribution in [0.4, 0.5) is 5.95 Å². The molecular formula is C23H20BrN5O3. The van der Waals surface area contributed by atoms with Gasteiger partial charge in [0.25, 0.3) is 11.5 Å². The zero-order valence-electron chi connectivity index (χ0n) is 17.0. The second-order valence-corrected chi connectivity index (χ2v) is 8.54. The largest absolute Gasteiger partial charge is 0.464 e. The second-order valence-electron chi connectivity index (χ2n) is 7.69. The Balaban J connectivity index is 1.22. The highest BCUT2D eigenvalue weighted by atomic mass is 79.9. The molecule has 1 fully saturated rings. The monoisotopic (exact) mass is 493 g/mol. The van der Waals surface area contributed by atoms with Crippen molar-refractivity contribution in [2.75, 3.05) is 18.0 Å². The number of furan rings is 1. The van der Waals surface area contributed by atoms with Crippen LogP contribution in [0.5, 0.6) is 0 Å². The van der Waals surface area contributed by atoms with Gasteiger partial charge in [0, 0.05) is 41.8 Å². The summed E-state index contributed by atoms with van der Waals surface area (Å²) in [7, 11) is 0. The minimum atomic E-state index is -0.201. The molecule has 0 saturated carbocycles. The van der Waals surface area contributed by atoms with Crippen molar-refractivity contribution in [3.05, 3.63) is 75.4 Å². The zero-order chi connectivity index (χ0) is 22.1. The Morgan fingerprint density at radius 3 is 2.66 bits per heavy atom. The molecule has 0 atom stereocenters. The number of hydrogen-bond donors (Lipinski definition) is 2. The summed E-state index contributed by atoms with van der Waals surface area (Å²) in [5.74, 6) is 0.458. The number of rotatable bonds is 4. The van der Waals surface area contributed by atoms with Gasteiger partial charge in [0.05, 0.1) is 18.2 Å². The Morgan fingerprint density at radius 1 is 1.12 bits per heavy atom. The summed E-state index contributed by atoms with van der Waals surface area (Å²) in [5, 5.41) is 4.06. The van der Waals surface area contributed by atoms with Crippen molar-refractivity contribution in [1.29, 1.82) is 0 Å². The fourth-order valence-corrected chi connectivity index (χ4v) is 4.14. The molecule has 0 aliphatic carbocycles. The van der Waals surface area contributed by atoms with Crippen LogP contribution in [0.1, 0.15) is 23.2 Å². The molecule has 1 aromatic carbocycles. The highest BCUT2D eigenvalue weighted by Crippen LogP contribution is 2.27. The molecule has 8 nitrogen and oxygen atoms in total.